The molecule has 1 aliphatic rings. The summed E-state index contributed by atoms with van der Waals surface area (Å²) in [5.41, 5.74) is 2.60. The standard InChI is InChI=1S/C18H25N7/c1-4-14-15(12-19)17(23-22-16(14)5-2)21-13-6-9-25(10-7-13)18-20-8-11-24(18)3/h8,11,13H,4-7,9-10H2,1-3H3,(H,21,23). The summed E-state index contributed by atoms with van der Waals surface area (Å²) in [6.07, 6.45) is 7.36. The molecular weight excluding hydrogens is 314 g/mol. The topological polar surface area (TPSA) is 82.7 Å². The predicted molar refractivity (Wildman–Crippen MR) is 97.6 cm³/mol. The molecule has 3 heterocycles. The van der Waals surface area contributed by atoms with Gasteiger partial charge in [-0.1, -0.05) is 13.8 Å². The van der Waals surface area contributed by atoms with E-state index in [1.807, 2.05) is 30.9 Å². The minimum atomic E-state index is 0.301. The highest BCUT2D eigenvalue weighted by Gasteiger charge is 2.23. The Balaban J connectivity index is 1.70. The first kappa shape index (κ1) is 17.2. The number of rotatable bonds is 5. The zero-order valence-corrected chi connectivity index (χ0v) is 15.2. The largest absolute Gasteiger partial charge is 0.365 e. The second-order valence-corrected chi connectivity index (χ2v) is 6.41. The lowest BCUT2D eigenvalue weighted by molar-refractivity contribution is 0.514. The van der Waals surface area contributed by atoms with Crippen LogP contribution in [-0.2, 0) is 19.9 Å². The van der Waals surface area contributed by atoms with Crippen molar-refractivity contribution >= 4 is 11.8 Å². The summed E-state index contributed by atoms with van der Waals surface area (Å²) in [7, 11) is 2.02. The molecule has 1 aliphatic heterocycles. The zero-order chi connectivity index (χ0) is 17.8. The Morgan fingerprint density at radius 3 is 2.56 bits per heavy atom. The van der Waals surface area contributed by atoms with Gasteiger partial charge in [0.1, 0.15) is 11.6 Å². The molecule has 7 heteroatoms. The van der Waals surface area contributed by atoms with Gasteiger partial charge in [-0.2, -0.15) is 10.4 Å². The Bertz CT molecular complexity index is 766. The maximum Gasteiger partial charge on any atom is 0.205 e. The fraction of sp³-hybridized carbons (Fsp3) is 0.556. The number of hydrogen-bond acceptors (Lipinski definition) is 6. The normalized spacial score (nSPS) is 15.2. The lowest BCUT2D eigenvalue weighted by Gasteiger charge is -2.33. The van der Waals surface area contributed by atoms with E-state index in [1.165, 1.54) is 0 Å². The van der Waals surface area contributed by atoms with Crippen molar-refractivity contribution in [3.63, 3.8) is 0 Å². The number of anilines is 2. The third-order valence-electron chi connectivity index (χ3n) is 4.87. The van der Waals surface area contributed by atoms with Gasteiger partial charge in [0, 0.05) is 38.6 Å². The van der Waals surface area contributed by atoms with Crippen molar-refractivity contribution in [2.45, 2.75) is 45.6 Å². The molecule has 132 valence electrons. The van der Waals surface area contributed by atoms with E-state index >= 15 is 0 Å². The first-order valence-corrected chi connectivity index (χ1v) is 8.95. The number of imidazole rings is 1. The van der Waals surface area contributed by atoms with E-state index in [0.29, 0.717) is 17.4 Å². The first-order chi connectivity index (χ1) is 12.2. The molecule has 0 aromatic carbocycles. The molecule has 7 nitrogen and oxygen atoms in total. The molecule has 0 aliphatic carbocycles. The summed E-state index contributed by atoms with van der Waals surface area (Å²) in [5, 5.41) is 21.7. The lowest BCUT2D eigenvalue weighted by atomic mass is 10.0. The average molecular weight is 339 g/mol. The van der Waals surface area contributed by atoms with Crippen molar-refractivity contribution in [3.8, 4) is 6.07 Å². The minimum absolute atomic E-state index is 0.301. The number of nitrogens with one attached hydrogen (secondary N) is 1. The summed E-state index contributed by atoms with van der Waals surface area (Å²) in [6.45, 7) is 5.98. The van der Waals surface area contributed by atoms with Crippen LogP contribution < -0.4 is 10.2 Å². The molecule has 3 rings (SSSR count). The number of hydrogen-bond donors (Lipinski definition) is 1. The highest BCUT2D eigenvalue weighted by Crippen LogP contribution is 2.24. The molecule has 1 N–H and O–H groups in total. The molecule has 0 amide bonds. The fourth-order valence-electron chi connectivity index (χ4n) is 3.47. The van der Waals surface area contributed by atoms with Gasteiger partial charge < -0.3 is 14.8 Å². The SMILES string of the molecule is CCc1nnc(NC2CCN(c3nccn3C)CC2)c(C#N)c1CC. The van der Waals surface area contributed by atoms with Crippen molar-refractivity contribution in [2.24, 2.45) is 7.05 Å². The van der Waals surface area contributed by atoms with E-state index in [0.717, 1.165) is 56.0 Å². The van der Waals surface area contributed by atoms with Crippen LogP contribution >= 0.6 is 0 Å². The molecule has 0 radical (unpaired) electrons. The lowest BCUT2D eigenvalue weighted by Crippen LogP contribution is -2.40. The van der Waals surface area contributed by atoms with Crippen LogP contribution in [0.5, 0.6) is 0 Å². The summed E-state index contributed by atoms with van der Waals surface area (Å²) < 4.78 is 2.05. The van der Waals surface area contributed by atoms with Crippen LogP contribution in [0.25, 0.3) is 0 Å². The molecule has 2 aromatic heterocycles. The number of piperidine rings is 1. The molecule has 1 fully saturated rings. The molecule has 0 unspecified atom stereocenters. The summed E-state index contributed by atoms with van der Waals surface area (Å²) in [4.78, 5) is 6.72. The van der Waals surface area contributed by atoms with E-state index in [9.17, 15) is 5.26 Å². The number of nitriles is 1. The second kappa shape index (κ2) is 7.51. The van der Waals surface area contributed by atoms with E-state index in [4.69, 9.17) is 0 Å². The van der Waals surface area contributed by atoms with Crippen LogP contribution in [0.4, 0.5) is 11.8 Å². The highest BCUT2D eigenvalue weighted by molar-refractivity contribution is 5.57. The number of aryl methyl sites for hydroxylation is 2. The van der Waals surface area contributed by atoms with Crippen molar-refractivity contribution in [3.05, 3.63) is 29.2 Å². The molecule has 25 heavy (non-hydrogen) atoms. The van der Waals surface area contributed by atoms with E-state index in [2.05, 4.69) is 38.4 Å². The van der Waals surface area contributed by atoms with Crippen LogP contribution in [0.3, 0.4) is 0 Å². The van der Waals surface area contributed by atoms with Gasteiger partial charge in [0.05, 0.1) is 5.69 Å². The van der Waals surface area contributed by atoms with Gasteiger partial charge in [-0.3, -0.25) is 0 Å². The van der Waals surface area contributed by atoms with Crippen LogP contribution in [0.15, 0.2) is 12.4 Å². The Labute approximate surface area is 148 Å². The van der Waals surface area contributed by atoms with Gasteiger partial charge >= 0.3 is 0 Å². The quantitative estimate of drug-likeness (QED) is 0.900. The summed E-state index contributed by atoms with van der Waals surface area (Å²) >= 11 is 0. The summed E-state index contributed by atoms with van der Waals surface area (Å²) in [6, 6.07) is 2.63. The Morgan fingerprint density at radius 1 is 1.24 bits per heavy atom. The third kappa shape index (κ3) is 3.43. The van der Waals surface area contributed by atoms with Gasteiger partial charge in [-0.25, -0.2) is 4.98 Å². The van der Waals surface area contributed by atoms with Crippen LogP contribution in [0.2, 0.25) is 0 Å². The fourth-order valence-corrected chi connectivity index (χ4v) is 3.47. The van der Waals surface area contributed by atoms with Gasteiger partial charge in [0.15, 0.2) is 5.82 Å². The predicted octanol–water partition coefficient (Wildman–Crippen LogP) is 2.29. The molecule has 0 spiro atoms. The zero-order valence-electron chi connectivity index (χ0n) is 15.2. The molecule has 0 atom stereocenters. The van der Waals surface area contributed by atoms with Gasteiger partial charge in [0.25, 0.3) is 0 Å². The van der Waals surface area contributed by atoms with Crippen LogP contribution in [0, 0.1) is 11.3 Å². The Morgan fingerprint density at radius 2 is 2.00 bits per heavy atom. The molecule has 0 bridgehead atoms. The smallest absolute Gasteiger partial charge is 0.205 e. The number of aromatic nitrogens is 4. The molecule has 0 saturated carbocycles. The van der Waals surface area contributed by atoms with Crippen molar-refractivity contribution in [1.29, 1.82) is 5.26 Å². The van der Waals surface area contributed by atoms with Crippen molar-refractivity contribution in [2.75, 3.05) is 23.3 Å². The number of nitrogens with zero attached hydrogens (tertiary/aromatic N) is 6. The summed E-state index contributed by atoms with van der Waals surface area (Å²) in [5.74, 6) is 1.64. The van der Waals surface area contributed by atoms with Crippen molar-refractivity contribution in [1.82, 2.24) is 19.7 Å². The van der Waals surface area contributed by atoms with Gasteiger partial charge in [-0.05, 0) is 31.2 Å². The second-order valence-electron chi connectivity index (χ2n) is 6.41. The first-order valence-electron chi connectivity index (χ1n) is 8.95. The van der Waals surface area contributed by atoms with Crippen LogP contribution in [-0.4, -0.2) is 38.9 Å². The third-order valence-corrected chi connectivity index (χ3v) is 4.87. The maximum absolute atomic E-state index is 9.60. The maximum atomic E-state index is 9.60. The van der Waals surface area contributed by atoms with E-state index in [-0.39, 0.29) is 0 Å². The van der Waals surface area contributed by atoms with Gasteiger partial charge in [-0.15, -0.1) is 5.10 Å². The Kier molecular flexibility index (Phi) is 5.17. The molecule has 2 aromatic rings. The van der Waals surface area contributed by atoms with E-state index < -0.39 is 0 Å². The van der Waals surface area contributed by atoms with Gasteiger partial charge in [0.2, 0.25) is 5.95 Å². The monoisotopic (exact) mass is 339 g/mol. The highest BCUT2D eigenvalue weighted by atomic mass is 15.3. The average Bonchev–Trinajstić information content (AvgIpc) is 3.07. The van der Waals surface area contributed by atoms with Crippen LogP contribution in [0.1, 0.15) is 43.5 Å². The van der Waals surface area contributed by atoms with Crippen molar-refractivity contribution < 1.29 is 0 Å². The Hall–Kier alpha value is -2.62. The van der Waals surface area contributed by atoms with E-state index in [1.54, 1.807) is 0 Å². The molecular formula is C18H25N7. The minimum Gasteiger partial charge on any atom is -0.365 e. The molecule has 1 saturated heterocycles.